The lowest BCUT2D eigenvalue weighted by Gasteiger charge is -1.99. The molecule has 0 aliphatic rings. The smallest absolute Gasteiger partial charge is 0.325 e. The Balaban J connectivity index is 2.60. The molecule has 1 rings (SSSR count). The Labute approximate surface area is 94.0 Å². The van der Waals surface area contributed by atoms with E-state index >= 15 is 0 Å². The number of halogens is 2. The summed E-state index contributed by atoms with van der Waals surface area (Å²) in [4.78, 5) is 20.1. The number of rotatable bonds is 4. The SMILES string of the molecule is O=C(O)Cn1cc(NC(=O)C(Cl)Cl)nn1. The van der Waals surface area contributed by atoms with Crippen LogP contribution in [0.3, 0.4) is 0 Å². The summed E-state index contributed by atoms with van der Waals surface area (Å²) in [7, 11) is 0. The van der Waals surface area contributed by atoms with E-state index < -0.39 is 16.7 Å². The highest BCUT2D eigenvalue weighted by atomic mass is 35.5. The molecule has 15 heavy (non-hydrogen) atoms. The Kier molecular flexibility index (Phi) is 3.87. The molecule has 1 amide bonds. The monoisotopic (exact) mass is 252 g/mol. The summed E-state index contributed by atoms with van der Waals surface area (Å²) in [5, 5.41) is 17.6. The topological polar surface area (TPSA) is 97.1 Å². The summed E-state index contributed by atoms with van der Waals surface area (Å²) in [6, 6.07) is 0. The van der Waals surface area contributed by atoms with Crippen LogP contribution in [0.15, 0.2) is 6.20 Å². The van der Waals surface area contributed by atoms with Gasteiger partial charge in [-0.15, -0.1) is 5.10 Å². The standard InChI is InChI=1S/C6H6Cl2N4O3/c7-5(8)6(15)9-3-1-12(11-10-3)2-4(13)14/h1,5H,2H2,(H,9,15)(H,13,14). The molecule has 0 unspecified atom stereocenters. The van der Waals surface area contributed by atoms with Crippen molar-refractivity contribution >= 4 is 40.9 Å². The summed E-state index contributed by atoms with van der Waals surface area (Å²) in [6.45, 7) is -0.339. The van der Waals surface area contributed by atoms with Gasteiger partial charge in [-0.05, 0) is 0 Å². The number of aromatic nitrogens is 3. The molecule has 0 atom stereocenters. The zero-order valence-corrected chi connectivity index (χ0v) is 8.73. The Morgan fingerprint density at radius 1 is 1.60 bits per heavy atom. The van der Waals surface area contributed by atoms with Crippen molar-refractivity contribution < 1.29 is 14.7 Å². The van der Waals surface area contributed by atoms with Crippen LogP contribution in [0.4, 0.5) is 5.82 Å². The van der Waals surface area contributed by atoms with Gasteiger partial charge in [-0.25, -0.2) is 4.68 Å². The number of hydrogen-bond donors (Lipinski definition) is 2. The Bertz CT molecular complexity index is 378. The molecule has 82 valence electrons. The van der Waals surface area contributed by atoms with Gasteiger partial charge in [0.2, 0.25) is 0 Å². The molecule has 0 fully saturated rings. The van der Waals surface area contributed by atoms with Gasteiger partial charge in [0.05, 0.1) is 6.20 Å². The van der Waals surface area contributed by atoms with E-state index in [1.54, 1.807) is 0 Å². The lowest BCUT2D eigenvalue weighted by molar-refractivity contribution is -0.137. The number of aliphatic carboxylic acids is 1. The van der Waals surface area contributed by atoms with E-state index in [4.69, 9.17) is 28.3 Å². The van der Waals surface area contributed by atoms with Crippen molar-refractivity contribution in [3.63, 3.8) is 0 Å². The van der Waals surface area contributed by atoms with Crippen LogP contribution < -0.4 is 5.32 Å². The second-order valence-corrected chi connectivity index (χ2v) is 3.58. The molecule has 1 aromatic rings. The zero-order valence-electron chi connectivity index (χ0n) is 7.22. The molecular weight excluding hydrogens is 247 g/mol. The molecule has 0 aliphatic heterocycles. The largest absolute Gasteiger partial charge is 0.480 e. The number of nitrogens with one attached hydrogen (secondary N) is 1. The number of nitrogens with zero attached hydrogens (tertiary/aromatic N) is 3. The number of carboxylic acids is 1. The maximum Gasteiger partial charge on any atom is 0.325 e. The third-order valence-corrected chi connectivity index (χ3v) is 1.68. The predicted molar refractivity (Wildman–Crippen MR) is 51.8 cm³/mol. The molecule has 0 aliphatic carbocycles. The van der Waals surface area contributed by atoms with Gasteiger partial charge in [0.1, 0.15) is 6.54 Å². The fourth-order valence-electron chi connectivity index (χ4n) is 0.752. The molecule has 1 aromatic heterocycles. The van der Waals surface area contributed by atoms with E-state index in [1.807, 2.05) is 0 Å². The zero-order chi connectivity index (χ0) is 11.4. The van der Waals surface area contributed by atoms with Crippen molar-refractivity contribution in [2.75, 3.05) is 5.32 Å². The number of hydrogen-bond acceptors (Lipinski definition) is 4. The van der Waals surface area contributed by atoms with Crippen molar-refractivity contribution in [3.8, 4) is 0 Å². The average Bonchev–Trinajstić information content (AvgIpc) is 2.51. The molecule has 0 radical (unpaired) electrons. The summed E-state index contributed by atoms with van der Waals surface area (Å²) in [5.74, 6) is -1.63. The summed E-state index contributed by atoms with van der Waals surface area (Å²) in [6.07, 6.45) is 1.25. The molecule has 0 saturated heterocycles. The number of alkyl halides is 2. The van der Waals surface area contributed by atoms with E-state index in [9.17, 15) is 9.59 Å². The van der Waals surface area contributed by atoms with E-state index in [1.165, 1.54) is 6.20 Å². The van der Waals surface area contributed by atoms with Gasteiger partial charge in [-0.2, -0.15) is 0 Å². The van der Waals surface area contributed by atoms with E-state index in [0.29, 0.717) is 0 Å². The minimum atomic E-state index is -1.21. The van der Waals surface area contributed by atoms with Crippen molar-refractivity contribution in [3.05, 3.63) is 6.20 Å². The lowest BCUT2D eigenvalue weighted by atomic mass is 10.6. The number of carbonyl (C=O) groups excluding carboxylic acids is 1. The highest BCUT2D eigenvalue weighted by molar-refractivity contribution is 6.54. The van der Waals surface area contributed by atoms with Crippen molar-refractivity contribution in [1.82, 2.24) is 15.0 Å². The number of carboxylic acid groups (broad SMARTS) is 1. The maximum atomic E-state index is 11.0. The van der Waals surface area contributed by atoms with Gasteiger partial charge in [0.25, 0.3) is 5.91 Å². The average molecular weight is 253 g/mol. The van der Waals surface area contributed by atoms with Crippen LogP contribution in [0, 0.1) is 0 Å². The van der Waals surface area contributed by atoms with Crippen LogP contribution in [0.5, 0.6) is 0 Å². The second kappa shape index (κ2) is 4.94. The first-order chi connectivity index (χ1) is 6.99. The molecule has 0 bridgehead atoms. The van der Waals surface area contributed by atoms with Gasteiger partial charge < -0.3 is 10.4 Å². The fourth-order valence-corrected chi connectivity index (χ4v) is 0.861. The van der Waals surface area contributed by atoms with Crippen molar-refractivity contribution in [2.24, 2.45) is 0 Å². The molecule has 0 spiro atoms. The van der Waals surface area contributed by atoms with Crippen LogP contribution in [0.1, 0.15) is 0 Å². The highest BCUT2D eigenvalue weighted by Gasteiger charge is 2.13. The predicted octanol–water partition coefficient (Wildman–Crippen LogP) is 0.105. The Hall–Kier alpha value is -1.34. The van der Waals surface area contributed by atoms with Gasteiger partial charge in [-0.1, -0.05) is 28.4 Å². The number of amides is 1. The summed E-state index contributed by atoms with van der Waals surface area (Å²) < 4.78 is 1.05. The van der Waals surface area contributed by atoms with Gasteiger partial charge in [0.15, 0.2) is 10.7 Å². The molecule has 0 aromatic carbocycles. The third-order valence-electron chi connectivity index (χ3n) is 1.29. The molecule has 7 nitrogen and oxygen atoms in total. The van der Waals surface area contributed by atoms with Gasteiger partial charge >= 0.3 is 5.97 Å². The Morgan fingerprint density at radius 2 is 2.27 bits per heavy atom. The van der Waals surface area contributed by atoms with Crippen molar-refractivity contribution in [1.29, 1.82) is 0 Å². The second-order valence-electron chi connectivity index (χ2n) is 2.49. The molecule has 2 N–H and O–H groups in total. The van der Waals surface area contributed by atoms with Gasteiger partial charge in [0, 0.05) is 0 Å². The van der Waals surface area contributed by atoms with Crippen LogP contribution in [-0.2, 0) is 16.1 Å². The molecule has 0 saturated carbocycles. The van der Waals surface area contributed by atoms with Crippen LogP contribution in [-0.4, -0.2) is 36.8 Å². The highest BCUT2D eigenvalue weighted by Crippen LogP contribution is 2.06. The van der Waals surface area contributed by atoms with Crippen LogP contribution in [0.2, 0.25) is 0 Å². The summed E-state index contributed by atoms with van der Waals surface area (Å²) in [5.41, 5.74) is 0. The third kappa shape index (κ3) is 3.72. The number of carbonyl (C=O) groups is 2. The number of anilines is 1. The summed E-state index contributed by atoms with van der Waals surface area (Å²) >= 11 is 10.5. The van der Waals surface area contributed by atoms with Crippen LogP contribution >= 0.6 is 23.2 Å². The minimum absolute atomic E-state index is 0.0903. The molecule has 9 heteroatoms. The van der Waals surface area contributed by atoms with Crippen molar-refractivity contribution in [2.45, 2.75) is 11.4 Å². The van der Waals surface area contributed by atoms with E-state index in [2.05, 4.69) is 15.6 Å². The van der Waals surface area contributed by atoms with E-state index in [0.717, 1.165) is 4.68 Å². The maximum absolute atomic E-state index is 11.0. The quantitative estimate of drug-likeness (QED) is 0.742. The van der Waals surface area contributed by atoms with E-state index in [-0.39, 0.29) is 12.4 Å². The molecular formula is C6H6Cl2N4O3. The first kappa shape index (κ1) is 11.7. The first-order valence-electron chi connectivity index (χ1n) is 3.70. The molecule has 1 heterocycles. The first-order valence-corrected chi connectivity index (χ1v) is 4.57. The fraction of sp³-hybridized carbons (Fsp3) is 0.333. The van der Waals surface area contributed by atoms with Crippen LogP contribution in [0.25, 0.3) is 0 Å². The normalized spacial score (nSPS) is 10.3. The lowest BCUT2D eigenvalue weighted by Crippen LogP contribution is -2.18. The Morgan fingerprint density at radius 3 is 2.80 bits per heavy atom. The minimum Gasteiger partial charge on any atom is -0.480 e. The van der Waals surface area contributed by atoms with Gasteiger partial charge in [-0.3, -0.25) is 9.59 Å².